The van der Waals surface area contributed by atoms with Gasteiger partial charge in [0.25, 0.3) is 5.91 Å². The fraction of sp³-hybridized carbons (Fsp3) is 0.292. The van der Waals surface area contributed by atoms with Crippen LogP contribution in [0, 0.1) is 6.92 Å². The molecule has 0 atom stereocenters. The fourth-order valence-corrected chi connectivity index (χ4v) is 3.65. The normalized spacial score (nSPS) is 14.5. The lowest BCUT2D eigenvalue weighted by atomic mass is 10.0. The summed E-state index contributed by atoms with van der Waals surface area (Å²) in [5.74, 6) is 0.643. The average Bonchev–Trinajstić information content (AvgIpc) is 2.78. The lowest BCUT2D eigenvalue weighted by Crippen LogP contribution is -2.47. The smallest absolute Gasteiger partial charge is 0.257 e. The molecule has 30 heavy (non-hydrogen) atoms. The summed E-state index contributed by atoms with van der Waals surface area (Å²) in [7, 11) is 2.08. The van der Waals surface area contributed by atoms with Gasteiger partial charge in [-0.05, 0) is 43.3 Å². The van der Waals surface area contributed by atoms with Crippen molar-refractivity contribution in [3.8, 4) is 11.3 Å². The predicted octanol–water partition coefficient (Wildman–Crippen LogP) is 3.45. The molecule has 0 bridgehead atoms. The first kappa shape index (κ1) is 20.0. The van der Waals surface area contributed by atoms with Gasteiger partial charge in [0.15, 0.2) is 0 Å². The summed E-state index contributed by atoms with van der Waals surface area (Å²) in [6, 6.07) is 15.9. The molecule has 1 aromatic carbocycles. The minimum Gasteiger partial charge on any atom is -0.365 e. The van der Waals surface area contributed by atoms with E-state index in [-0.39, 0.29) is 5.91 Å². The van der Waals surface area contributed by atoms with Gasteiger partial charge in [-0.3, -0.25) is 9.78 Å². The van der Waals surface area contributed by atoms with Crippen molar-refractivity contribution < 1.29 is 4.79 Å². The molecule has 2 aromatic heterocycles. The number of anilines is 1. The number of likely N-dealkylation sites (N-methyl/N-ethyl adjacent to an activating group) is 1. The van der Waals surface area contributed by atoms with Gasteiger partial charge in [0.05, 0.1) is 11.3 Å². The molecule has 0 saturated carbocycles. The van der Waals surface area contributed by atoms with Crippen molar-refractivity contribution in [2.45, 2.75) is 13.5 Å². The summed E-state index contributed by atoms with van der Waals surface area (Å²) in [4.78, 5) is 26.5. The van der Waals surface area contributed by atoms with Crippen LogP contribution in [0.2, 0.25) is 0 Å². The molecule has 0 radical (unpaired) electrons. The van der Waals surface area contributed by atoms with Crippen LogP contribution in [0.1, 0.15) is 21.5 Å². The van der Waals surface area contributed by atoms with E-state index >= 15 is 0 Å². The SMILES string of the molecule is Cc1ccccc1-c1ccc(C(=O)N2CCN(C)CC2)c(NCc2cccnc2)n1. The van der Waals surface area contributed by atoms with Gasteiger partial charge in [-0.15, -0.1) is 0 Å². The lowest BCUT2D eigenvalue weighted by molar-refractivity contribution is 0.0664. The Morgan fingerprint density at radius 1 is 1.03 bits per heavy atom. The molecule has 154 valence electrons. The van der Waals surface area contributed by atoms with Crippen LogP contribution in [0.5, 0.6) is 0 Å². The first-order valence-electron chi connectivity index (χ1n) is 10.3. The molecule has 6 heteroatoms. The van der Waals surface area contributed by atoms with E-state index in [1.54, 1.807) is 6.20 Å². The van der Waals surface area contributed by atoms with Gasteiger partial charge < -0.3 is 15.1 Å². The molecule has 1 N–H and O–H groups in total. The van der Waals surface area contributed by atoms with E-state index in [0.717, 1.165) is 48.6 Å². The van der Waals surface area contributed by atoms with Crippen molar-refractivity contribution in [3.05, 3.63) is 77.6 Å². The third-order valence-corrected chi connectivity index (χ3v) is 5.52. The van der Waals surface area contributed by atoms with Gasteiger partial charge in [-0.1, -0.05) is 30.3 Å². The van der Waals surface area contributed by atoms with Crippen molar-refractivity contribution in [2.75, 3.05) is 38.5 Å². The highest BCUT2D eigenvalue weighted by Gasteiger charge is 2.23. The molecule has 3 heterocycles. The van der Waals surface area contributed by atoms with Crippen molar-refractivity contribution in [1.82, 2.24) is 19.8 Å². The van der Waals surface area contributed by atoms with Crippen molar-refractivity contribution >= 4 is 11.7 Å². The highest BCUT2D eigenvalue weighted by molar-refractivity contribution is 5.99. The summed E-state index contributed by atoms with van der Waals surface area (Å²) in [5, 5.41) is 3.38. The second kappa shape index (κ2) is 9.05. The van der Waals surface area contributed by atoms with Crippen LogP contribution in [0.15, 0.2) is 60.9 Å². The van der Waals surface area contributed by atoms with Crippen LogP contribution in [0.4, 0.5) is 5.82 Å². The van der Waals surface area contributed by atoms with E-state index in [1.165, 1.54) is 0 Å². The number of carbonyl (C=O) groups excluding carboxylic acids is 1. The van der Waals surface area contributed by atoms with Gasteiger partial charge in [0.1, 0.15) is 5.82 Å². The second-order valence-electron chi connectivity index (χ2n) is 7.72. The standard InChI is InChI=1S/C24H27N5O/c1-18-6-3-4-8-20(18)22-10-9-21(24(30)29-14-12-28(2)13-15-29)23(27-22)26-17-19-7-5-11-25-16-19/h3-11,16H,12-15,17H2,1-2H3,(H,26,27). The predicted molar refractivity (Wildman–Crippen MR) is 119 cm³/mol. The fourth-order valence-electron chi connectivity index (χ4n) is 3.65. The Kier molecular flexibility index (Phi) is 6.05. The molecule has 0 aliphatic carbocycles. The molecule has 1 amide bonds. The van der Waals surface area contributed by atoms with Crippen LogP contribution in [0.3, 0.4) is 0 Å². The van der Waals surface area contributed by atoms with E-state index in [0.29, 0.717) is 17.9 Å². The van der Waals surface area contributed by atoms with E-state index in [2.05, 4.69) is 41.3 Å². The molecule has 1 fully saturated rings. The zero-order chi connectivity index (χ0) is 20.9. The Bertz CT molecular complexity index is 1010. The zero-order valence-electron chi connectivity index (χ0n) is 17.5. The monoisotopic (exact) mass is 401 g/mol. The number of nitrogens with zero attached hydrogens (tertiary/aromatic N) is 4. The summed E-state index contributed by atoms with van der Waals surface area (Å²) in [5.41, 5.74) is 4.73. The molecule has 0 unspecified atom stereocenters. The molecular weight excluding hydrogens is 374 g/mol. The number of amides is 1. The van der Waals surface area contributed by atoms with Crippen LogP contribution < -0.4 is 5.32 Å². The number of benzene rings is 1. The largest absolute Gasteiger partial charge is 0.365 e. The minimum absolute atomic E-state index is 0.0284. The Hall–Kier alpha value is -3.25. The lowest BCUT2D eigenvalue weighted by Gasteiger charge is -2.32. The van der Waals surface area contributed by atoms with Crippen LogP contribution >= 0.6 is 0 Å². The number of piperazine rings is 1. The number of rotatable bonds is 5. The van der Waals surface area contributed by atoms with Crippen LogP contribution in [0.25, 0.3) is 11.3 Å². The van der Waals surface area contributed by atoms with E-state index in [1.807, 2.05) is 47.5 Å². The maximum atomic E-state index is 13.3. The van der Waals surface area contributed by atoms with Gasteiger partial charge >= 0.3 is 0 Å². The van der Waals surface area contributed by atoms with E-state index in [9.17, 15) is 4.79 Å². The number of pyridine rings is 2. The molecule has 1 saturated heterocycles. The van der Waals surface area contributed by atoms with Crippen molar-refractivity contribution in [1.29, 1.82) is 0 Å². The second-order valence-corrected chi connectivity index (χ2v) is 7.72. The minimum atomic E-state index is 0.0284. The first-order valence-corrected chi connectivity index (χ1v) is 10.3. The first-order chi connectivity index (χ1) is 14.6. The summed E-state index contributed by atoms with van der Waals surface area (Å²) in [6.07, 6.45) is 3.57. The molecular formula is C24H27N5O. The quantitative estimate of drug-likeness (QED) is 0.710. The Labute approximate surface area is 177 Å². The van der Waals surface area contributed by atoms with Crippen LogP contribution in [-0.4, -0.2) is 58.9 Å². The summed E-state index contributed by atoms with van der Waals surface area (Å²) in [6.45, 7) is 5.87. The third-order valence-electron chi connectivity index (χ3n) is 5.52. The Morgan fingerprint density at radius 3 is 2.57 bits per heavy atom. The molecule has 1 aliphatic rings. The third kappa shape index (κ3) is 4.49. The highest BCUT2D eigenvalue weighted by Crippen LogP contribution is 2.26. The van der Waals surface area contributed by atoms with Gasteiger partial charge in [0.2, 0.25) is 0 Å². The maximum Gasteiger partial charge on any atom is 0.257 e. The summed E-state index contributed by atoms with van der Waals surface area (Å²) >= 11 is 0. The number of hydrogen-bond donors (Lipinski definition) is 1. The number of carbonyl (C=O) groups is 1. The molecule has 1 aliphatic heterocycles. The highest BCUT2D eigenvalue weighted by atomic mass is 16.2. The Balaban J connectivity index is 1.65. The molecule has 4 rings (SSSR count). The van der Waals surface area contributed by atoms with E-state index < -0.39 is 0 Å². The zero-order valence-corrected chi connectivity index (χ0v) is 17.5. The van der Waals surface area contributed by atoms with Gasteiger partial charge in [-0.2, -0.15) is 0 Å². The van der Waals surface area contributed by atoms with Gasteiger partial charge in [0, 0.05) is 50.7 Å². The topological polar surface area (TPSA) is 61.4 Å². The van der Waals surface area contributed by atoms with Gasteiger partial charge in [-0.25, -0.2) is 4.98 Å². The number of aryl methyl sites for hydroxylation is 1. The number of hydrogen-bond acceptors (Lipinski definition) is 5. The number of aromatic nitrogens is 2. The molecule has 6 nitrogen and oxygen atoms in total. The summed E-state index contributed by atoms with van der Waals surface area (Å²) < 4.78 is 0. The van der Waals surface area contributed by atoms with E-state index in [4.69, 9.17) is 4.98 Å². The maximum absolute atomic E-state index is 13.3. The molecule has 3 aromatic rings. The van der Waals surface area contributed by atoms with Crippen molar-refractivity contribution in [3.63, 3.8) is 0 Å². The number of nitrogens with one attached hydrogen (secondary N) is 1. The van der Waals surface area contributed by atoms with Crippen LogP contribution in [-0.2, 0) is 6.54 Å². The average molecular weight is 402 g/mol. The van der Waals surface area contributed by atoms with Crippen molar-refractivity contribution in [2.24, 2.45) is 0 Å². The Morgan fingerprint density at radius 2 is 1.83 bits per heavy atom. The molecule has 0 spiro atoms.